The maximum Gasteiger partial charge on any atom is 0.271 e. The lowest BCUT2D eigenvalue weighted by atomic mass is 10.1. The molecule has 0 N–H and O–H groups in total. The van der Waals surface area contributed by atoms with Crippen LogP contribution in [0.15, 0.2) is 59.4 Å². The van der Waals surface area contributed by atoms with E-state index in [9.17, 15) is 9.18 Å². The van der Waals surface area contributed by atoms with Crippen LogP contribution in [0.25, 0.3) is 11.3 Å². The summed E-state index contributed by atoms with van der Waals surface area (Å²) in [5.74, 6) is -0.242. The van der Waals surface area contributed by atoms with E-state index >= 15 is 0 Å². The summed E-state index contributed by atoms with van der Waals surface area (Å²) in [6, 6.07) is 16.7. The molecular formula is C24H27FN4O. The van der Waals surface area contributed by atoms with Crippen LogP contribution in [0, 0.1) is 12.7 Å². The van der Waals surface area contributed by atoms with Crippen molar-refractivity contribution in [1.29, 1.82) is 0 Å². The highest BCUT2D eigenvalue weighted by Gasteiger charge is 2.18. The normalized spacial score (nSPS) is 15.4. The Bertz CT molecular complexity index is 1070. The first-order valence-electron chi connectivity index (χ1n) is 10.3. The Labute approximate surface area is 176 Å². The smallest absolute Gasteiger partial charge is 0.271 e. The van der Waals surface area contributed by atoms with E-state index < -0.39 is 0 Å². The second kappa shape index (κ2) is 8.90. The Morgan fingerprint density at radius 3 is 2.40 bits per heavy atom. The van der Waals surface area contributed by atoms with Crippen LogP contribution in [0.2, 0.25) is 0 Å². The molecule has 0 aliphatic carbocycles. The van der Waals surface area contributed by atoms with E-state index in [1.54, 1.807) is 19.1 Å². The molecule has 0 bridgehead atoms. The molecule has 3 aromatic rings. The third kappa shape index (κ3) is 4.66. The van der Waals surface area contributed by atoms with E-state index in [-0.39, 0.29) is 11.4 Å². The molecule has 2 heterocycles. The number of benzene rings is 2. The maximum atomic E-state index is 13.8. The molecule has 0 atom stereocenters. The van der Waals surface area contributed by atoms with E-state index in [4.69, 9.17) is 0 Å². The van der Waals surface area contributed by atoms with Crippen molar-refractivity contribution in [3.05, 3.63) is 87.5 Å². The molecule has 0 radical (unpaired) electrons. The molecule has 1 aromatic heterocycles. The average molecular weight is 407 g/mol. The lowest BCUT2D eigenvalue weighted by Gasteiger charge is -2.32. The molecule has 6 heteroatoms. The Kier molecular flexibility index (Phi) is 6.06. The van der Waals surface area contributed by atoms with Gasteiger partial charge in [-0.1, -0.05) is 30.3 Å². The molecule has 1 fully saturated rings. The van der Waals surface area contributed by atoms with E-state index in [1.807, 2.05) is 36.4 Å². The molecule has 30 heavy (non-hydrogen) atoms. The Morgan fingerprint density at radius 2 is 1.70 bits per heavy atom. The number of hydrogen-bond donors (Lipinski definition) is 0. The van der Waals surface area contributed by atoms with Gasteiger partial charge in [-0.2, -0.15) is 5.10 Å². The van der Waals surface area contributed by atoms with Crippen LogP contribution < -0.4 is 5.56 Å². The summed E-state index contributed by atoms with van der Waals surface area (Å²) < 4.78 is 15.3. The fraction of sp³-hybridized carbons (Fsp3) is 0.333. The molecule has 0 amide bonds. The number of rotatable bonds is 5. The van der Waals surface area contributed by atoms with Gasteiger partial charge in [0.1, 0.15) is 5.82 Å². The summed E-state index contributed by atoms with van der Waals surface area (Å²) in [6.07, 6.45) is 0. The van der Waals surface area contributed by atoms with Gasteiger partial charge in [-0.15, -0.1) is 0 Å². The van der Waals surface area contributed by atoms with Crippen molar-refractivity contribution in [3.8, 4) is 11.3 Å². The number of likely N-dealkylation sites (N-methyl/N-ethyl adjacent to an activating group) is 1. The van der Waals surface area contributed by atoms with Crippen LogP contribution >= 0.6 is 0 Å². The van der Waals surface area contributed by atoms with Gasteiger partial charge in [-0.3, -0.25) is 9.69 Å². The Hall–Kier alpha value is -2.83. The Balaban J connectivity index is 1.72. The van der Waals surface area contributed by atoms with Gasteiger partial charge >= 0.3 is 0 Å². The number of aromatic nitrogens is 2. The highest BCUT2D eigenvalue weighted by molar-refractivity contribution is 5.60. The summed E-state index contributed by atoms with van der Waals surface area (Å²) in [4.78, 5) is 17.8. The summed E-state index contributed by atoms with van der Waals surface area (Å²) in [7, 11) is 2.12. The highest BCUT2D eigenvalue weighted by Crippen LogP contribution is 2.21. The zero-order chi connectivity index (χ0) is 21.1. The molecule has 156 valence electrons. The van der Waals surface area contributed by atoms with Crippen molar-refractivity contribution in [2.45, 2.75) is 20.0 Å². The highest BCUT2D eigenvalue weighted by atomic mass is 19.1. The first kappa shape index (κ1) is 20.4. The number of halogens is 1. The van der Waals surface area contributed by atoms with Crippen LogP contribution in [0.1, 0.15) is 16.7 Å². The van der Waals surface area contributed by atoms with Crippen molar-refractivity contribution in [2.24, 2.45) is 0 Å². The van der Waals surface area contributed by atoms with E-state index in [2.05, 4.69) is 21.9 Å². The number of nitrogens with zero attached hydrogens (tertiary/aromatic N) is 4. The first-order valence-corrected chi connectivity index (χ1v) is 10.3. The monoisotopic (exact) mass is 406 g/mol. The SMILES string of the molecule is Cc1cc(-c2cc(CN3CCN(C)CC3)c(=O)n(Cc3ccccc3)n2)ccc1F. The molecule has 4 rings (SSSR count). The first-order chi connectivity index (χ1) is 14.5. The molecule has 0 spiro atoms. The van der Waals surface area contributed by atoms with E-state index in [0.717, 1.165) is 42.9 Å². The zero-order valence-electron chi connectivity index (χ0n) is 17.5. The van der Waals surface area contributed by atoms with E-state index in [0.29, 0.717) is 24.3 Å². The standard InChI is InChI=1S/C24H27FN4O/c1-18-14-20(8-9-22(18)25)23-15-21(17-28-12-10-27(2)11-13-28)24(30)29(26-23)16-19-6-4-3-5-7-19/h3-9,14-15H,10-13,16-17H2,1-2H3. The molecule has 2 aromatic carbocycles. The van der Waals surface area contributed by atoms with Gasteiger partial charge in [0.05, 0.1) is 12.2 Å². The van der Waals surface area contributed by atoms with Crippen LogP contribution in [-0.4, -0.2) is 52.8 Å². The minimum atomic E-state index is -0.242. The van der Waals surface area contributed by atoms with Crippen LogP contribution in [0.3, 0.4) is 0 Å². The number of aryl methyl sites for hydroxylation is 1. The van der Waals surface area contributed by atoms with Crippen molar-refractivity contribution in [2.75, 3.05) is 33.2 Å². The molecule has 0 saturated carbocycles. The minimum Gasteiger partial charge on any atom is -0.304 e. The van der Waals surface area contributed by atoms with Gasteiger partial charge in [0.15, 0.2) is 0 Å². The van der Waals surface area contributed by atoms with Crippen LogP contribution in [0.4, 0.5) is 4.39 Å². The minimum absolute atomic E-state index is 0.0691. The third-order valence-electron chi connectivity index (χ3n) is 5.67. The van der Waals surface area contributed by atoms with Crippen molar-refractivity contribution < 1.29 is 4.39 Å². The van der Waals surface area contributed by atoms with Crippen LogP contribution in [0.5, 0.6) is 0 Å². The molecule has 1 aliphatic rings. The quantitative estimate of drug-likeness (QED) is 0.653. The summed E-state index contributed by atoms with van der Waals surface area (Å²) in [6.45, 7) is 6.59. The fourth-order valence-electron chi connectivity index (χ4n) is 3.77. The predicted octanol–water partition coefficient (Wildman–Crippen LogP) is 3.15. The average Bonchev–Trinajstić information content (AvgIpc) is 2.75. The lowest BCUT2D eigenvalue weighted by molar-refractivity contribution is 0.147. The topological polar surface area (TPSA) is 41.4 Å². The zero-order valence-corrected chi connectivity index (χ0v) is 17.5. The third-order valence-corrected chi connectivity index (χ3v) is 5.67. The van der Waals surface area contributed by atoms with Gasteiger partial charge in [0.25, 0.3) is 5.56 Å². The summed E-state index contributed by atoms with van der Waals surface area (Å²) in [5, 5.41) is 4.63. The van der Waals surface area contributed by atoms with Crippen LogP contribution in [-0.2, 0) is 13.1 Å². The molecular weight excluding hydrogens is 379 g/mol. The van der Waals surface area contributed by atoms with Crippen molar-refractivity contribution in [1.82, 2.24) is 19.6 Å². The fourth-order valence-corrected chi connectivity index (χ4v) is 3.77. The summed E-state index contributed by atoms with van der Waals surface area (Å²) in [5.41, 5.74) is 3.75. The molecule has 5 nitrogen and oxygen atoms in total. The predicted molar refractivity (Wildman–Crippen MR) is 117 cm³/mol. The lowest BCUT2D eigenvalue weighted by Crippen LogP contribution is -2.45. The second-order valence-electron chi connectivity index (χ2n) is 8.05. The van der Waals surface area contributed by atoms with E-state index in [1.165, 1.54) is 10.7 Å². The van der Waals surface area contributed by atoms with Gasteiger partial charge in [-0.25, -0.2) is 9.07 Å². The van der Waals surface area contributed by atoms with Gasteiger partial charge in [0.2, 0.25) is 0 Å². The summed E-state index contributed by atoms with van der Waals surface area (Å²) >= 11 is 0. The molecule has 0 unspecified atom stereocenters. The number of piperazine rings is 1. The Morgan fingerprint density at radius 1 is 0.967 bits per heavy atom. The van der Waals surface area contributed by atoms with Gasteiger partial charge < -0.3 is 4.90 Å². The maximum absolute atomic E-state index is 13.8. The van der Waals surface area contributed by atoms with Crippen molar-refractivity contribution in [3.63, 3.8) is 0 Å². The molecule has 1 aliphatic heterocycles. The van der Waals surface area contributed by atoms with Gasteiger partial charge in [0, 0.05) is 43.9 Å². The molecule has 1 saturated heterocycles. The second-order valence-corrected chi connectivity index (χ2v) is 8.05. The van der Waals surface area contributed by atoms with Gasteiger partial charge in [-0.05, 0) is 49.4 Å². The number of hydrogen-bond acceptors (Lipinski definition) is 4. The van der Waals surface area contributed by atoms with Crippen molar-refractivity contribution >= 4 is 0 Å². The largest absolute Gasteiger partial charge is 0.304 e.